The van der Waals surface area contributed by atoms with Gasteiger partial charge in [-0.3, -0.25) is 0 Å². The summed E-state index contributed by atoms with van der Waals surface area (Å²) < 4.78 is 0. The molecule has 0 aliphatic heterocycles. The molecule has 2 N–H and O–H groups in total. The van der Waals surface area contributed by atoms with Crippen LogP contribution < -0.4 is 0 Å². The Kier molecular flexibility index (Phi) is 6.55. The van der Waals surface area contributed by atoms with E-state index in [-0.39, 0.29) is 6.10 Å². The number of aryl methyl sites for hydroxylation is 1. The lowest BCUT2D eigenvalue weighted by Gasteiger charge is -2.33. The van der Waals surface area contributed by atoms with E-state index in [0.717, 1.165) is 32.1 Å². The number of benzene rings is 1. The van der Waals surface area contributed by atoms with Crippen LogP contribution in [0.15, 0.2) is 30.3 Å². The molecular formula is C18H28O2. The minimum Gasteiger partial charge on any atom is -0.396 e. The molecule has 1 aromatic carbocycles. The Balaban J connectivity index is 1.62. The molecular weight excluding hydrogens is 248 g/mol. The number of hydrogen-bond acceptors (Lipinski definition) is 2. The van der Waals surface area contributed by atoms with Crippen molar-refractivity contribution in [3.8, 4) is 0 Å². The summed E-state index contributed by atoms with van der Waals surface area (Å²) in [4.78, 5) is 0. The molecule has 1 saturated carbocycles. The average molecular weight is 276 g/mol. The first-order valence-corrected chi connectivity index (χ1v) is 8.12. The molecule has 0 heterocycles. The molecule has 20 heavy (non-hydrogen) atoms. The van der Waals surface area contributed by atoms with Gasteiger partial charge in [-0.2, -0.15) is 0 Å². The van der Waals surface area contributed by atoms with E-state index >= 15 is 0 Å². The second-order valence-corrected chi connectivity index (χ2v) is 6.25. The zero-order valence-electron chi connectivity index (χ0n) is 12.4. The summed E-state index contributed by atoms with van der Waals surface area (Å²) in [5.41, 5.74) is 1.42. The number of rotatable bonds is 7. The van der Waals surface area contributed by atoms with Crippen molar-refractivity contribution >= 4 is 0 Å². The van der Waals surface area contributed by atoms with Crippen LogP contribution in [0.2, 0.25) is 0 Å². The molecule has 1 fully saturated rings. The van der Waals surface area contributed by atoms with E-state index in [2.05, 4.69) is 30.3 Å². The van der Waals surface area contributed by atoms with Gasteiger partial charge in [-0.25, -0.2) is 0 Å². The third kappa shape index (κ3) is 4.92. The Morgan fingerprint density at radius 1 is 0.950 bits per heavy atom. The lowest BCUT2D eigenvalue weighted by atomic mass is 9.76. The van der Waals surface area contributed by atoms with E-state index < -0.39 is 0 Å². The minimum absolute atomic E-state index is 0.132. The number of aliphatic hydroxyl groups is 2. The summed E-state index contributed by atoms with van der Waals surface area (Å²) >= 11 is 0. The summed E-state index contributed by atoms with van der Waals surface area (Å²) in [6, 6.07) is 10.7. The third-order valence-electron chi connectivity index (χ3n) is 4.73. The van der Waals surface area contributed by atoms with Gasteiger partial charge in [-0.05, 0) is 49.5 Å². The average Bonchev–Trinajstić information content (AvgIpc) is 2.48. The monoisotopic (exact) mass is 276 g/mol. The van der Waals surface area contributed by atoms with Crippen molar-refractivity contribution in [3.63, 3.8) is 0 Å². The van der Waals surface area contributed by atoms with Crippen LogP contribution in [0.4, 0.5) is 0 Å². The highest BCUT2D eigenvalue weighted by Crippen LogP contribution is 2.33. The molecule has 3 unspecified atom stereocenters. The van der Waals surface area contributed by atoms with Gasteiger partial charge >= 0.3 is 0 Å². The number of aliphatic hydroxyl groups excluding tert-OH is 2. The van der Waals surface area contributed by atoms with E-state index in [1.165, 1.54) is 24.8 Å². The van der Waals surface area contributed by atoms with Crippen molar-refractivity contribution < 1.29 is 10.2 Å². The maximum Gasteiger partial charge on any atom is 0.0543 e. The van der Waals surface area contributed by atoms with Gasteiger partial charge in [0.25, 0.3) is 0 Å². The Bertz CT molecular complexity index is 363. The van der Waals surface area contributed by atoms with E-state index in [4.69, 9.17) is 0 Å². The zero-order chi connectivity index (χ0) is 14.2. The first-order valence-electron chi connectivity index (χ1n) is 8.12. The van der Waals surface area contributed by atoms with Crippen molar-refractivity contribution in [2.45, 2.75) is 57.5 Å². The van der Waals surface area contributed by atoms with Crippen LogP contribution in [0.1, 0.15) is 50.5 Å². The molecule has 112 valence electrons. The van der Waals surface area contributed by atoms with Gasteiger partial charge in [-0.15, -0.1) is 0 Å². The third-order valence-corrected chi connectivity index (χ3v) is 4.73. The Morgan fingerprint density at radius 2 is 1.75 bits per heavy atom. The summed E-state index contributed by atoms with van der Waals surface area (Å²) in [6.07, 6.45) is 8.66. The second-order valence-electron chi connectivity index (χ2n) is 6.25. The van der Waals surface area contributed by atoms with Crippen molar-refractivity contribution in [1.29, 1.82) is 0 Å². The largest absolute Gasteiger partial charge is 0.396 e. The molecule has 2 heteroatoms. The van der Waals surface area contributed by atoms with E-state index in [1.807, 2.05) is 0 Å². The highest BCUT2D eigenvalue weighted by atomic mass is 16.3. The van der Waals surface area contributed by atoms with Gasteiger partial charge in [-0.1, -0.05) is 49.6 Å². The second kappa shape index (κ2) is 8.43. The van der Waals surface area contributed by atoms with Crippen LogP contribution in [-0.4, -0.2) is 22.9 Å². The molecule has 0 aromatic heterocycles. The first kappa shape index (κ1) is 15.5. The van der Waals surface area contributed by atoms with Gasteiger partial charge in [0.05, 0.1) is 6.10 Å². The lowest BCUT2D eigenvalue weighted by Crippen LogP contribution is -2.29. The van der Waals surface area contributed by atoms with Crippen LogP contribution in [0.5, 0.6) is 0 Å². The van der Waals surface area contributed by atoms with E-state index in [0.29, 0.717) is 18.4 Å². The van der Waals surface area contributed by atoms with Crippen molar-refractivity contribution in [3.05, 3.63) is 35.9 Å². The van der Waals surface area contributed by atoms with E-state index in [9.17, 15) is 10.2 Å². The fraction of sp³-hybridized carbons (Fsp3) is 0.667. The van der Waals surface area contributed by atoms with Crippen LogP contribution in [-0.2, 0) is 6.42 Å². The fourth-order valence-corrected chi connectivity index (χ4v) is 3.45. The molecule has 1 aliphatic carbocycles. The van der Waals surface area contributed by atoms with Crippen LogP contribution in [0.3, 0.4) is 0 Å². The molecule has 1 aliphatic rings. The topological polar surface area (TPSA) is 40.5 Å². The summed E-state index contributed by atoms with van der Waals surface area (Å²) in [5, 5.41) is 19.2. The molecule has 0 saturated heterocycles. The first-order chi connectivity index (χ1) is 9.79. The standard InChI is InChI=1S/C18H28O2/c19-14-17-11-12-18(20)13-16(17)10-6-2-5-9-15-7-3-1-4-8-15/h1,3-4,7-8,16-20H,2,5-6,9-14H2. The van der Waals surface area contributed by atoms with Gasteiger partial charge in [0, 0.05) is 6.61 Å². The molecule has 0 bridgehead atoms. The van der Waals surface area contributed by atoms with Crippen molar-refractivity contribution in [2.75, 3.05) is 6.61 Å². The quantitative estimate of drug-likeness (QED) is 0.748. The molecule has 3 atom stereocenters. The Labute approximate surface area is 122 Å². The molecule has 0 amide bonds. The Hall–Kier alpha value is -0.860. The molecule has 1 aromatic rings. The maximum absolute atomic E-state index is 9.76. The van der Waals surface area contributed by atoms with Gasteiger partial charge in [0.2, 0.25) is 0 Å². The molecule has 0 radical (unpaired) electrons. The zero-order valence-corrected chi connectivity index (χ0v) is 12.4. The minimum atomic E-state index is -0.132. The number of hydrogen-bond donors (Lipinski definition) is 2. The Morgan fingerprint density at radius 3 is 2.50 bits per heavy atom. The summed E-state index contributed by atoms with van der Waals surface area (Å²) in [7, 11) is 0. The van der Waals surface area contributed by atoms with Crippen molar-refractivity contribution in [1.82, 2.24) is 0 Å². The molecule has 2 nitrogen and oxygen atoms in total. The normalized spacial score (nSPS) is 26.6. The predicted octanol–water partition coefficient (Wildman–Crippen LogP) is 3.56. The maximum atomic E-state index is 9.76. The fourth-order valence-electron chi connectivity index (χ4n) is 3.45. The predicted molar refractivity (Wildman–Crippen MR) is 82.5 cm³/mol. The van der Waals surface area contributed by atoms with Crippen LogP contribution in [0, 0.1) is 11.8 Å². The van der Waals surface area contributed by atoms with Gasteiger partial charge in [0.1, 0.15) is 0 Å². The highest BCUT2D eigenvalue weighted by molar-refractivity contribution is 5.14. The molecule has 2 rings (SSSR count). The van der Waals surface area contributed by atoms with Crippen LogP contribution >= 0.6 is 0 Å². The summed E-state index contributed by atoms with van der Waals surface area (Å²) in [6.45, 7) is 0.293. The van der Waals surface area contributed by atoms with E-state index in [1.54, 1.807) is 0 Å². The highest BCUT2D eigenvalue weighted by Gasteiger charge is 2.28. The smallest absolute Gasteiger partial charge is 0.0543 e. The SMILES string of the molecule is OCC1CCC(O)CC1CCCCCc1ccccc1. The van der Waals surface area contributed by atoms with Crippen LogP contribution in [0.25, 0.3) is 0 Å². The summed E-state index contributed by atoms with van der Waals surface area (Å²) in [5.74, 6) is 0.952. The van der Waals surface area contributed by atoms with Crippen molar-refractivity contribution in [2.24, 2.45) is 11.8 Å². The van der Waals surface area contributed by atoms with Gasteiger partial charge < -0.3 is 10.2 Å². The van der Waals surface area contributed by atoms with Gasteiger partial charge in [0.15, 0.2) is 0 Å². The lowest BCUT2D eigenvalue weighted by molar-refractivity contribution is 0.0401. The molecule has 0 spiro atoms. The number of unbranched alkanes of at least 4 members (excludes halogenated alkanes) is 2.